The number of halogens is 1. The number of hydrogen-bond donors (Lipinski definition) is 1. The molecule has 2 heterocycles. The van der Waals surface area contributed by atoms with Gasteiger partial charge in [0.1, 0.15) is 12.1 Å². The van der Waals surface area contributed by atoms with E-state index in [-0.39, 0.29) is 13.0 Å². The average molecular weight is 444 g/mol. The van der Waals surface area contributed by atoms with Gasteiger partial charge in [-0.3, -0.25) is 4.79 Å². The van der Waals surface area contributed by atoms with E-state index in [1.54, 1.807) is 0 Å². The maximum atomic E-state index is 10.5. The van der Waals surface area contributed by atoms with Crippen LogP contribution in [0.2, 0.25) is 5.02 Å². The summed E-state index contributed by atoms with van der Waals surface area (Å²) in [4.78, 5) is 26.1. The molecule has 0 aliphatic carbocycles. The zero-order valence-electron chi connectivity index (χ0n) is 17.6. The van der Waals surface area contributed by atoms with Crippen molar-refractivity contribution in [2.45, 2.75) is 45.2 Å². The van der Waals surface area contributed by atoms with E-state index < -0.39 is 0 Å². The first-order chi connectivity index (χ1) is 15.0. The van der Waals surface area contributed by atoms with Gasteiger partial charge in [0.25, 0.3) is 6.47 Å². The second-order valence-corrected chi connectivity index (χ2v) is 8.24. The minimum Gasteiger partial charge on any atom is -0.483 e. The molecule has 0 amide bonds. The summed E-state index contributed by atoms with van der Waals surface area (Å²) in [7, 11) is 0. The molecule has 164 valence electrons. The van der Waals surface area contributed by atoms with E-state index in [2.05, 4.69) is 23.9 Å². The van der Waals surface area contributed by atoms with E-state index in [1.807, 2.05) is 36.4 Å². The highest BCUT2D eigenvalue weighted by molar-refractivity contribution is 6.31. The van der Waals surface area contributed by atoms with E-state index in [9.17, 15) is 4.91 Å². The summed E-state index contributed by atoms with van der Waals surface area (Å²) in [5.41, 5.74) is 4.43. The number of oxazole rings is 1. The van der Waals surface area contributed by atoms with Crippen LogP contribution in [0, 0.1) is 4.91 Å². The molecule has 1 aromatic heterocycles. The number of carboxylic acid groups (broad SMARTS) is 1. The van der Waals surface area contributed by atoms with Gasteiger partial charge in [-0.1, -0.05) is 35.0 Å². The quantitative estimate of drug-likeness (QED) is 0.401. The van der Waals surface area contributed by atoms with Crippen molar-refractivity contribution >= 4 is 29.2 Å². The van der Waals surface area contributed by atoms with E-state index in [1.165, 1.54) is 0 Å². The van der Waals surface area contributed by atoms with Crippen LogP contribution in [0.5, 0.6) is 0 Å². The fourth-order valence-corrected chi connectivity index (χ4v) is 4.13. The summed E-state index contributed by atoms with van der Waals surface area (Å²) in [6.07, 6.45) is 2.17. The Balaban J connectivity index is 0.000000858. The van der Waals surface area contributed by atoms with Crippen molar-refractivity contribution < 1.29 is 14.3 Å². The van der Waals surface area contributed by atoms with E-state index in [0.29, 0.717) is 17.0 Å². The fourth-order valence-electron chi connectivity index (χ4n) is 3.89. The smallest absolute Gasteiger partial charge is 0.290 e. The largest absolute Gasteiger partial charge is 0.483 e. The van der Waals surface area contributed by atoms with Gasteiger partial charge in [0.2, 0.25) is 0 Å². The number of nitrogens with zero attached hydrogens (tertiary/aromatic N) is 3. The molecule has 0 unspecified atom stereocenters. The molecule has 8 heteroatoms. The van der Waals surface area contributed by atoms with Crippen molar-refractivity contribution in [2.24, 2.45) is 5.18 Å². The van der Waals surface area contributed by atoms with Gasteiger partial charge < -0.3 is 14.4 Å². The summed E-state index contributed by atoms with van der Waals surface area (Å²) in [6.45, 7) is 6.51. The van der Waals surface area contributed by atoms with Crippen molar-refractivity contribution in [3.63, 3.8) is 0 Å². The Morgan fingerprint density at radius 1 is 1.23 bits per heavy atom. The summed E-state index contributed by atoms with van der Waals surface area (Å²) >= 11 is 6.28. The lowest BCUT2D eigenvalue weighted by Crippen LogP contribution is -2.37. The number of piperidine rings is 1. The van der Waals surface area contributed by atoms with Crippen molar-refractivity contribution in [1.82, 2.24) is 9.88 Å². The van der Waals surface area contributed by atoms with E-state index in [4.69, 9.17) is 30.9 Å². The minimum atomic E-state index is -0.250. The highest BCUT2D eigenvalue weighted by Crippen LogP contribution is 2.33. The summed E-state index contributed by atoms with van der Waals surface area (Å²) in [5.74, 6) is 1.23. The third kappa shape index (κ3) is 5.48. The van der Waals surface area contributed by atoms with Crippen LogP contribution in [0.15, 0.2) is 46.0 Å². The number of likely N-dealkylation sites (tertiary alicyclic amines) is 1. The first-order valence-corrected chi connectivity index (χ1v) is 10.6. The molecule has 0 radical (unpaired) electrons. The third-order valence-electron chi connectivity index (χ3n) is 5.63. The second-order valence-electron chi connectivity index (χ2n) is 7.84. The van der Waals surface area contributed by atoms with Gasteiger partial charge in [0.15, 0.2) is 11.5 Å². The van der Waals surface area contributed by atoms with Gasteiger partial charge in [0.05, 0.1) is 0 Å². The molecule has 1 aliphatic heterocycles. The molecule has 0 saturated carbocycles. The minimum absolute atomic E-state index is 0.0838. The Morgan fingerprint density at radius 2 is 1.87 bits per heavy atom. The standard InChI is InChI=1S/C22H24ClN3O2.CH2O2/c1-14(2)26-9-7-15(8-10-26)22-25-20-12-17(5-6-21(20)28-22)16-3-4-18(13-24-27)19(23)11-16;2-1-3/h3-6,11-12,14-15H,7-10,13H2,1-2H3;1H,(H,2,3). The van der Waals surface area contributed by atoms with E-state index in [0.717, 1.165) is 59.6 Å². The first kappa shape index (κ1) is 22.9. The predicted molar refractivity (Wildman–Crippen MR) is 121 cm³/mol. The fraction of sp³-hybridized carbons (Fsp3) is 0.391. The Hall–Kier alpha value is -2.77. The molecule has 31 heavy (non-hydrogen) atoms. The molecule has 0 bridgehead atoms. The van der Waals surface area contributed by atoms with Crippen molar-refractivity contribution in [3.8, 4) is 11.1 Å². The molecule has 7 nitrogen and oxygen atoms in total. The lowest BCUT2D eigenvalue weighted by molar-refractivity contribution is -0.122. The number of benzene rings is 2. The Bertz CT molecular complexity index is 1040. The zero-order valence-corrected chi connectivity index (χ0v) is 18.4. The average Bonchev–Trinajstić information content (AvgIpc) is 3.19. The molecule has 2 aromatic carbocycles. The Labute approximate surface area is 186 Å². The molecule has 4 rings (SSSR count). The van der Waals surface area contributed by atoms with Crippen LogP contribution in [-0.2, 0) is 11.3 Å². The summed E-state index contributed by atoms with van der Waals surface area (Å²) in [6, 6.07) is 12.3. The number of fused-ring (bicyclic) bond motifs is 1. The Morgan fingerprint density at radius 3 is 2.48 bits per heavy atom. The molecular formula is C23H26ClN3O4. The van der Waals surface area contributed by atoms with Gasteiger partial charge in [-0.05, 0) is 74.7 Å². The maximum Gasteiger partial charge on any atom is 0.290 e. The normalized spacial score (nSPS) is 15.0. The van der Waals surface area contributed by atoms with Gasteiger partial charge in [0, 0.05) is 17.0 Å². The van der Waals surface area contributed by atoms with Crippen LogP contribution in [0.4, 0.5) is 0 Å². The zero-order chi connectivity index (χ0) is 22.4. The van der Waals surface area contributed by atoms with E-state index >= 15 is 0 Å². The lowest BCUT2D eigenvalue weighted by atomic mass is 9.96. The summed E-state index contributed by atoms with van der Waals surface area (Å²) < 4.78 is 6.07. The third-order valence-corrected chi connectivity index (χ3v) is 5.99. The van der Waals surface area contributed by atoms with Gasteiger partial charge in [-0.25, -0.2) is 4.98 Å². The monoisotopic (exact) mass is 443 g/mol. The molecule has 1 N–H and O–H groups in total. The highest BCUT2D eigenvalue weighted by atomic mass is 35.5. The molecule has 1 aliphatic rings. The van der Waals surface area contributed by atoms with Crippen LogP contribution < -0.4 is 0 Å². The van der Waals surface area contributed by atoms with Crippen LogP contribution in [0.25, 0.3) is 22.2 Å². The highest BCUT2D eigenvalue weighted by Gasteiger charge is 2.25. The van der Waals surface area contributed by atoms with Gasteiger partial charge >= 0.3 is 0 Å². The first-order valence-electron chi connectivity index (χ1n) is 10.3. The lowest BCUT2D eigenvalue weighted by Gasteiger charge is -2.33. The summed E-state index contributed by atoms with van der Waals surface area (Å²) in [5, 5.41) is 10.4. The Kier molecular flexibility index (Phi) is 7.76. The second kappa shape index (κ2) is 10.5. The number of carbonyl (C=O) groups is 1. The topological polar surface area (TPSA) is 96.0 Å². The number of hydrogen-bond acceptors (Lipinski definition) is 6. The van der Waals surface area contributed by atoms with Gasteiger partial charge in [-0.15, -0.1) is 0 Å². The molecule has 3 aromatic rings. The van der Waals surface area contributed by atoms with Crippen LogP contribution in [0.3, 0.4) is 0 Å². The maximum absolute atomic E-state index is 10.5. The molecular weight excluding hydrogens is 418 g/mol. The van der Waals surface area contributed by atoms with Crippen LogP contribution in [-0.4, -0.2) is 40.6 Å². The van der Waals surface area contributed by atoms with Crippen molar-refractivity contribution in [3.05, 3.63) is 57.8 Å². The number of aromatic nitrogens is 1. The SMILES string of the molecule is CC(C)N1CCC(c2nc3cc(-c4ccc(CN=O)c(Cl)c4)ccc3o2)CC1.O=CO. The van der Waals surface area contributed by atoms with Crippen LogP contribution in [0.1, 0.15) is 44.1 Å². The van der Waals surface area contributed by atoms with Crippen LogP contribution >= 0.6 is 11.6 Å². The number of rotatable bonds is 5. The molecule has 1 saturated heterocycles. The number of nitroso groups, excluding NO2 is 1. The molecule has 0 atom stereocenters. The van der Waals surface area contributed by atoms with Crippen molar-refractivity contribution in [2.75, 3.05) is 13.1 Å². The predicted octanol–water partition coefficient (Wildman–Crippen LogP) is 5.70. The molecule has 0 spiro atoms. The van der Waals surface area contributed by atoms with Crippen molar-refractivity contribution in [1.29, 1.82) is 0 Å². The molecule has 1 fully saturated rings. The van der Waals surface area contributed by atoms with Gasteiger partial charge in [-0.2, -0.15) is 4.91 Å².